The zero-order valence-corrected chi connectivity index (χ0v) is 27.1. The molecule has 1 N–H and O–H groups in total. The van der Waals surface area contributed by atoms with E-state index in [9.17, 15) is 9.59 Å². The van der Waals surface area contributed by atoms with E-state index in [2.05, 4.69) is 31.1 Å². The van der Waals surface area contributed by atoms with E-state index in [-0.39, 0.29) is 6.09 Å². The van der Waals surface area contributed by atoms with Gasteiger partial charge in [-0.2, -0.15) is 0 Å². The van der Waals surface area contributed by atoms with E-state index in [0.29, 0.717) is 19.7 Å². The van der Waals surface area contributed by atoms with E-state index in [1.54, 1.807) is 6.08 Å². The minimum atomic E-state index is -0.276. The number of nitrogens with zero attached hydrogens (tertiary/aromatic N) is 2. The molecule has 0 atom stereocenters. The maximum atomic E-state index is 12.4. The van der Waals surface area contributed by atoms with Crippen LogP contribution in [-0.4, -0.2) is 62.5 Å². The van der Waals surface area contributed by atoms with Crippen LogP contribution in [0.5, 0.6) is 0 Å². The van der Waals surface area contributed by atoms with Crippen LogP contribution in [0.15, 0.2) is 4.99 Å². The predicted molar refractivity (Wildman–Crippen MR) is 171 cm³/mol. The lowest BCUT2D eigenvalue weighted by Gasteiger charge is -2.39. The molecule has 0 saturated heterocycles. The Kier molecular flexibility index (Phi) is 29.5. The lowest BCUT2D eigenvalue weighted by Crippen LogP contribution is -2.52. The van der Waals surface area contributed by atoms with Gasteiger partial charge in [0.15, 0.2) is 0 Å². The van der Waals surface area contributed by atoms with Crippen molar-refractivity contribution in [3.05, 3.63) is 0 Å². The number of unbranched alkanes of at least 4 members (excludes halogenated alkanes) is 18. The summed E-state index contributed by atoms with van der Waals surface area (Å²) in [6.45, 7) is 13.2. The van der Waals surface area contributed by atoms with Crippen LogP contribution in [-0.2, 0) is 9.53 Å². The number of nitrogens with one attached hydrogen (secondary N) is 1. The molecule has 0 spiro atoms. The summed E-state index contributed by atoms with van der Waals surface area (Å²) in [5.41, 5.74) is 0. The van der Waals surface area contributed by atoms with Crippen molar-refractivity contribution >= 4 is 12.2 Å². The number of amides is 1. The summed E-state index contributed by atoms with van der Waals surface area (Å²) < 4.78 is 6.84. The van der Waals surface area contributed by atoms with Crippen molar-refractivity contribution in [1.29, 1.82) is 0 Å². The van der Waals surface area contributed by atoms with Crippen LogP contribution in [0.3, 0.4) is 0 Å². The van der Waals surface area contributed by atoms with Crippen molar-refractivity contribution < 1.29 is 18.8 Å². The second kappa shape index (κ2) is 30.6. The Balaban J connectivity index is 4.81. The summed E-state index contributed by atoms with van der Waals surface area (Å²) in [4.78, 5) is 26.1. The number of hydrogen-bond donors (Lipinski definition) is 1. The number of ether oxygens (including phenoxy) is 1. The van der Waals surface area contributed by atoms with Gasteiger partial charge in [0.25, 0.3) is 0 Å². The van der Waals surface area contributed by atoms with E-state index in [4.69, 9.17) is 4.74 Å². The highest BCUT2D eigenvalue weighted by molar-refractivity contribution is 5.66. The van der Waals surface area contributed by atoms with Gasteiger partial charge in [-0.25, -0.2) is 14.6 Å². The third kappa shape index (κ3) is 25.6. The average molecular weight is 567 g/mol. The molecule has 0 fully saturated rings. The van der Waals surface area contributed by atoms with E-state index in [1.807, 2.05) is 0 Å². The van der Waals surface area contributed by atoms with Crippen LogP contribution in [0, 0.1) is 0 Å². The SMILES string of the molecule is CCCCCCCC[N+](CCCCCCCC)(CCCCCCCC)CCOC(=O)NCCCCCCN=C=O. The van der Waals surface area contributed by atoms with Crippen molar-refractivity contribution in [3.8, 4) is 0 Å². The minimum absolute atomic E-state index is 0.276. The zero-order valence-electron chi connectivity index (χ0n) is 27.1. The molecule has 236 valence electrons. The van der Waals surface area contributed by atoms with E-state index in [0.717, 1.165) is 36.7 Å². The standard InChI is InChI=1S/C34H67N3O3/c1-4-7-10-13-18-23-28-37(29-24-19-14-11-8-5-2,30-25-20-15-12-9-6-3)31-32-40-34(39)36-27-22-17-16-21-26-35-33-38/h4-32H2,1-3H3/p+1. The Morgan fingerprint density at radius 3 is 1.50 bits per heavy atom. The first-order chi connectivity index (χ1) is 19.6. The molecule has 6 nitrogen and oxygen atoms in total. The number of carbonyl (C=O) groups excluding carboxylic acids is 2. The van der Waals surface area contributed by atoms with Gasteiger partial charge in [0, 0.05) is 6.54 Å². The molecule has 0 aromatic rings. The first-order valence-electron chi connectivity index (χ1n) is 17.4. The number of rotatable bonds is 31. The third-order valence-corrected chi connectivity index (χ3v) is 8.29. The van der Waals surface area contributed by atoms with Crippen molar-refractivity contribution in [2.24, 2.45) is 4.99 Å². The van der Waals surface area contributed by atoms with Gasteiger partial charge in [-0.3, -0.25) is 0 Å². The summed E-state index contributed by atoms with van der Waals surface area (Å²) in [6.07, 6.45) is 29.1. The fourth-order valence-electron chi connectivity index (χ4n) is 5.64. The van der Waals surface area contributed by atoms with Crippen molar-refractivity contribution in [3.63, 3.8) is 0 Å². The number of hydrogen-bond acceptors (Lipinski definition) is 4. The molecule has 0 saturated carbocycles. The molecule has 0 aliphatic heterocycles. The van der Waals surface area contributed by atoms with E-state index in [1.165, 1.54) is 135 Å². The molecular weight excluding hydrogens is 498 g/mol. The normalized spacial score (nSPS) is 11.4. The molecule has 0 aromatic carbocycles. The predicted octanol–water partition coefficient (Wildman–Crippen LogP) is 9.51. The number of carbonyl (C=O) groups is 1. The molecule has 0 rings (SSSR count). The van der Waals surface area contributed by atoms with Crippen LogP contribution >= 0.6 is 0 Å². The van der Waals surface area contributed by atoms with Crippen LogP contribution in [0.25, 0.3) is 0 Å². The van der Waals surface area contributed by atoms with Gasteiger partial charge in [-0.05, 0) is 51.4 Å². The highest BCUT2D eigenvalue weighted by atomic mass is 16.5. The fraction of sp³-hybridized carbons (Fsp3) is 0.941. The molecule has 1 amide bonds. The summed E-state index contributed by atoms with van der Waals surface area (Å²) in [5.74, 6) is 0. The van der Waals surface area contributed by atoms with Crippen LogP contribution in [0.2, 0.25) is 0 Å². The second-order valence-corrected chi connectivity index (χ2v) is 12.0. The van der Waals surface area contributed by atoms with Crippen molar-refractivity contribution in [2.45, 2.75) is 162 Å². The van der Waals surface area contributed by atoms with Crippen LogP contribution < -0.4 is 5.32 Å². The first kappa shape index (κ1) is 38.6. The van der Waals surface area contributed by atoms with Gasteiger partial charge in [-0.15, -0.1) is 0 Å². The molecule has 0 aliphatic rings. The monoisotopic (exact) mass is 567 g/mol. The maximum Gasteiger partial charge on any atom is 0.407 e. The summed E-state index contributed by atoms with van der Waals surface area (Å²) in [7, 11) is 0. The smallest absolute Gasteiger partial charge is 0.407 e. The van der Waals surface area contributed by atoms with Gasteiger partial charge in [0.05, 0.1) is 26.2 Å². The van der Waals surface area contributed by atoms with Crippen LogP contribution in [0.1, 0.15) is 162 Å². The Morgan fingerprint density at radius 1 is 0.600 bits per heavy atom. The molecule has 0 aromatic heterocycles. The lowest BCUT2D eigenvalue weighted by atomic mass is 10.1. The lowest BCUT2D eigenvalue weighted by molar-refractivity contribution is -0.929. The van der Waals surface area contributed by atoms with Crippen molar-refractivity contribution in [1.82, 2.24) is 5.32 Å². The Bertz CT molecular complexity index is 552. The average Bonchev–Trinajstić information content (AvgIpc) is 2.95. The third-order valence-electron chi connectivity index (χ3n) is 8.29. The summed E-state index contributed by atoms with van der Waals surface area (Å²) in [6, 6.07) is 0. The number of quaternary nitrogens is 1. The molecule has 0 heterocycles. The molecule has 40 heavy (non-hydrogen) atoms. The topological polar surface area (TPSA) is 67.8 Å². The Morgan fingerprint density at radius 2 is 1.02 bits per heavy atom. The quantitative estimate of drug-likeness (QED) is 0.0393. The van der Waals surface area contributed by atoms with Gasteiger partial charge in [0.2, 0.25) is 6.08 Å². The van der Waals surface area contributed by atoms with Gasteiger partial charge in [0.1, 0.15) is 13.2 Å². The van der Waals surface area contributed by atoms with Gasteiger partial charge < -0.3 is 14.5 Å². The largest absolute Gasteiger partial charge is 0.444 e. The number of alkyl carbamates (subject to hydrolysis) is 1. The van der Waals surface area contributed by atoms with Gasteiger partial charge >= 0.3 is 6.09 Å². The first-order valence-corrected chi connectivity index (χ1v) is 17.4. The van der Waals surface area contributed by atoms with Gasteiger partial charge in [-0.1, -0.05) is 111 Å². The highest BCUT2D eigenvalue weighted by Gasteiger charge is 2.26. The molecule has 0 unspecified atom stereocenters. The highest BCUT2D eigenvalue weighted by Crippen LogP contribution is 2.19. The van der Waals surface area contributed by atoms with Crippen molar-refractivity contribution in [2.75, 3.05) is 45.9 Å². The van der Waals surface area contributed by atoms with E-state index >= 15 is 0 Å². The minimum Gasteiger partial charge on any atom is -0.444 e. The molecule has 0 aliphatic carbocycles. The molecule has 6 heteroatoms. The number of aliphatic imine (C=N–C) groups is 1. The van der Waals surface area contributed by atoms with Crippen LogP contribution in [0.4, 0.5) is 4.79 Å². The molecule has 0 radical (unpaired) electrons. The maximum absolute atomic E-state index is 12.4. The fourth-order valence-corrected chi connectivity index (χ4v) is 5.64. The zero-order chi connectivity index (χ0) is 29.4. The molecule has 0 bridgehead atoms. The van der Waals surface area contributed by atoms with E-state index < -0.39 is 0 Å². The summed E-state index contributed by atoms with van der Waals surface area (Å²) >= 11 is 0. The molecular formula is C34H68N3O3+. The Labute approximate surface area is 249 Å². The number of isocyanates is 1. The second-order valence-electron chi connectivity index (χ2n) is 12.0. The summed E-state index contributed by atoms with van der Waals surface area (Å²) in [5, 5.41) is 2.93. The Hall–Kier alpha value is -1.39.